The summed E-state index contributed by atoms with van der Waals surface area (Å²) in [4.78, 5) is 11.5. The molecule has 0 fully saturated rings. The van der Waals surface area contributed by atoms with E-state index >= 15 is 0 Å². The van der Waals surface area contributed by atoms with Gasteiger partial charge in [0.1, 0.15) is 6.61 Å². The van der Waals surface area contributed by atoms with Crippen LogP contribution in [0, 0.1) is 11.3 Å². The molecule has 1 aromatic carbocycles. The minimum absolute atomic E-state index is 0.142. The molecule has 1 atom stereocenters. The van der Waals surface area contributed by atoms with Gasteiger partial charge in [0.05, 0.1) is 24.3 Å². The topological polar surface area (TPSA) is 62.1 Å². The lowest BCUT2D eigenvalue weighted by Gasteiger charge is -2.14. The van der Waals surface area contributed by atoms with Crippen LogP contribution in [0.1, 0.15) is 30.5 Å². The van der Waals surface area contributed by atoms with Crippen LogP contribution >= 0.6 is 0 Å². The number of nitrogens with one attached hydrogen (secondary N) is 1. The van der Waals surface area contributed by atoms with Crippen molar-refractivity contribution in [1.82, 2.24) is 5.32 Å². The molecular weight excluding hydrogens is 285 g/mol. The summed E-state index contributed by atoms with van der Waals surface area (Å²) in [6.07, 6.45) is -4.52. The fraction of sp³-hybridized carbons (Fsp3) is 0.429. The Morgan fingerprint density at radius 2 is 2.00 bits per heavy atom. The highest BCUT2D eigenvalue weighted by Gasteiger charge is 2.27. The Morgan fingerprint density at radius 1 is 1.38 bits per heavy atom. The number of nitriles is 1. The Kier molecular flexibility index (Phi) is 6.18. The Balaban J connectivity index is 2.35. The highest BCUT2D eigenvalue weighted by molar-refractivity contribution is 5.76. The molecule has 21 heavy (non-hydrogen) atoms. The summed E-state index contributed by atoms with van der Waals surface area (Å²) >= 11 is 0. The molecule has 1 aromatic rings. The van der Waals surface area contributed by atoms with Crippen molar-refractivity contribution in [3.63, 3.8) is 0 Å². The fourth-order valence-electron chi connectivity index (χ4n) is 1.60. The highest BCUT2D eigenvalue weighted by Crippen LogP contribution is 2.15. The lowest BCUT2D eigenvalue weighted by Crippen LogP contribution is -2.28. The minimum Gasteiger partial charge on any atom is -0.372 e. The zero-order valence-electron chi connectivity index (χ0n) is 11.4. The first-order valence-electron chi connectivity index (χ1n) is 6.26. The average molecular weight is 300 g/mol. The zero-order valence-corrected chi connectivity index (χ0v) is 11.4. The lowest BCUT2D eigenvalue weighted by molar-refractivity contribution is -0.174. The Bertz CT molecular complexity index is 506. The molecule has 0 heterocycles. The van der Waals surface area contributed by atoms with Gasteiger partial charge in [-0.25, -0.2) is 0 Å². The summed E-state index contributed by atoms with van der Waals surface area (Å²) in [5, 5.41) is 11.3. The van der Waals surface area contributed by atoms with Crippen LogP contribution in [0.25, 0.3) is 0 Å². The van der Waals surface area contributed by atoms with Crippen molar-refractivity contribution in [3.05, 3.63) is 35.4 Å². The van der Waals surface area contributed by atoms with Crippen molar-refractivity contribution < 1.29 is 22.7 Å². The summed E-state index contributed by atoms with van der Waals surface area (Å²) < 4.78 is 39.8. The third-order valence-electron chi connectivity index (χ3n) is 2.66. The molecule has 0 radical (unpaired) electrons. The number of benzene rings is 1. The van der Waals surface area contributed by atoms with Gasteiger partial charge in [0.25, 0.3) is 0 Å². The van der Waals surface area contributed by atoms with Gasteiger partial charge in [-0.15, -0.1) is 0 Å². The van der Waals surface area contributed by atoms with Crippen molar-refractivity contribution in [2.45, 2.75) is 25.6 Å². The van der Waals surface area contributed by atoms with Crippen molar-refractivity contribution in [2.75, 3.05) is 13.2 Å². The predicted molar refractivity (Wildman–Crippen MR) is 69.2 cm³/mol. The number of hydrogen-bond donors (Lipinski definition) is 1. The maximum Gasteiger partial charge on any atom is 0.411 e. The van der Waals surface area contributed by atoms with E-state index in [1.54, 1.807) is 31.2 Å². The summed E-state index contributed by atoms with van der Waals surface area (Å²) in [5.74, 6) is -0.394. The van der Waals surface area contributed by atoms with Crippen LogP contribution in [0.2, 0.25) is 0 Å². The van der Waals surface area contributed by atoms with Crippen LogP contribution in [-0.2, 0) is 9.53 Å². The zero-order chi connectivity index (χ0) is 15.9. The lowest BCUT2D eigenvalue weighted by atomic mass is 10.1. The van der Waals surface area contributed by atoms with Gasteiger partial charge < -0.3 is 10.1 Å². The van der Waals surface area contributed by atoms with Gasteiger partial charge in [-0.3, -0.25) is 4.79 Å². The van der Waals surface area contributed by atoms with Gasteiger partial charge in [0.2, 0.25) is 5.91 Å². The molecule has 1 N–H and O–H groups in total. The quantitative estimate of drug-likeness (QED) is 0.822. The van der Waals surface area contributed by atoms with Crippen LogP contribution in [0.3, 0.4) is 0 Å². The molecule has 0 aliphatic rings. The summed E-state index contributed by atoms with van der Waals surface area (Å²) in [7, 11) is 0. The number of hydrogen-bond acceptors (Lipinski definition) is 3. The molecule has 0 aromatic heterocycles. The van der Waals surface area contributed by atoms with Crippen molar-refractivity contribution in [2.24, 2.45) is 0 Å². The molecule has 0 saturated carbocycles. The standard InChI is InChI=1S/C14H15F3N2O2/c1-10(12-4-2-11(8-18)3-5-12)19-13(20)6-7-21-9-14(15,16)17/h2-5,10H,6-7,9H2,1H3,(H,19,20). The Hall–Kier alpha value is -2.07. The first-order chi connectivity index (χ1) is 9.81. The van der Waals surface area contributed by atoms with E-state index in [-0.39, 0.29) is 19.1 Å². The van der Waals surface area contributed by atoms with Crippen molar-refractivity contribution in [1.29, 1.82) is 5.26 Å². The molecular formula is C14H15F3N2O2. The number of rotatable bonds is 6. The molecule has 0 bridgehead atoms. The van der Waals surface area contributed by atoms with E-state index in [1.165, 1.54) is 0 Å². The van der Waals surface area contributed by atoms with Crippen LogP contribution in [0.15, 0.2) is 24.3 Å². The number of carbonyl (C=O) groups excluding carboxylic acids is 1. The Labute approximate surface area is 120 Å². The normalized spacial score (nSPS) is 12.5. The number of nitrogens with zero attached hydrogens (tertiary/aromatic N) is 1. The van der Waals surface area contributed by atoms with E-state index in [0.29, 0.717) is 5.56 Å². The maximum absolute atomic E-state index is 11.8. The van der Waals surface area contributed by atoms with Crippen LogP contribution in [0.5, 0.6) is 0 Å². The van der Waals surface area contributed by atoms with E-state index in [9.17, 15) is 18.0 Å². The first-order valence-corrected chi connectivity index (χ1v) is 6.26. The molecule has 1 amide bonds. The molecule has 0 spiro atoms. The first kappa shape index (κ1) is 17.0. The van der Waals surface area contributed by atoms with Crippen LogP contribution < -0.4 is 5.32 Å². The monoisotopic (exact) mass is 300 g/mol. The number of amides is 1. The van der Waals surface area contributed by atoms with E-state index < -0.39 is 18.7 Å². The third kappa shape index (κ3) is 6.77. The van der Waals surface area contributed by atoms with Gasteiger partial charge in [-0.05, 0) is 24.6 Å². The molecule has 0 saturated heterocycles. The second-order valence-electron chi connectivity index (χ2n) is 4.44. The van der Waals surface area contributed by atoms with Gasteiger partial charge in [0, 0.05) is 6.42 Å². The van der Waals surface area contributed by atoms with Gasteiger partial charge in [-0.2, -0.15) is 18.4 Å². The smallest absolute Gasteiger partial charge is 0.372 e. The largest absolute Gasteiger partial charge is 0.411 e. The summed E-state index contributed by atoms with van der Waals surface area (Å²) in [5.41, 5.74) is 1.32. The van der Waals surface area contributed by atoms with Crippen LogP contribution in [-0.4, -0.2) is 25.3 Å². The molecule has 0 aliphatic heterocycles. The maximum atomic E-state index is 11.8. The van der Waals surface area contributed by atoms with E-state index in [4.69, 9.17) is 5.26 Å². The summed E-state index contributed by atoms with van der Waals surface area (Å²) in [6, 6.07) is 8.37. The number of ether oxygens (including phenoxy) is 1. The molecule has 4 nitrogen and oxygen atoms in total. The fourth-order valence-corrected chi connectivity index (χ4v) is 1.60. The van der Waals surface area contributed by atoms with Crippen LogP contribution in [0.4, 0.5) is 13.2 Å². The Morgan fingerprint density at radius 3 is 2.52 bits per heavy atom. The average Bonchev–Trinajstić information content (AvgIpc) is 2.42. The number of alkyl halides is 3. The molecule has 1 rings (SSSR count). The highest BCUT2D eigenvalue weighted by atomic mass is 19.4. The van der Waals surface area contributed by atoms with Gasteiger partial charge in [0.15, 0.2) is 0 Å². The SMILES string of the molecule is CC(NC(=O)CCOCC(F)(F)F)c1ccc(C#N)cc1. The van der Waals surface area contributed by atoms with Gasteiger partial charge >= 0.3 is 6.18 Å². The minimum atomic E-state index is -4.38. The third-order valence-corrected chi connectivity index (χ3v) is 2.66. The number of halogens is 3. The van der Waals surface area contributed by atoms with Crippen molar-refractivity contribution in [3.8, 4) is 6.07 Å². The number of carbonyl (C=O) groups is 1. The summed E-state index contributed by atoms with van der Waals surface area (Å²) in [6.45, 7) is 0.104. The predicted octanol–water partition coefficient (Wildman–Crippen LogP) is 2.70. The second kappa shape index (κ2) is 7.64. The van der Waals surface area contributed by atoms with E-state index in [1.807, 2.05) is 6.07 Å². The van der Waals surface area contributed by atoms with Gasteiger partial charge in [-0.1, -0.05) is 12.1 Å². The van der Waals surface area contributed by atoms with E-state index in [2.05, 4.69) is 10.1 Å². The molecule has 1 unspecified atom stereocenters. The van der Waals surface area contributed by atoms with Crippen molar-refractivity contribution >= 4 is 5.91 Å². The molecule has 7 heteroatoms. The second-order valence-corrected chi connectivity index (χ2v) is 4.44. The molecule has 0 aliphatic carbocycles. The van der Waals surface area contributed by atoms with E-state index in [0.717, 1.165) is 5.56 Å². The molecule has 114 valence electrons.